The summed E-state index contributed by atoms with van der Waals surface area (Å²) in [6.45, 7) is 2.94. The zero-order valence-corrected chi connectivity index (χ0v) is 18.1. The molecule has 4 heteroatoms. The Morgan fingerprint density at radius 2 is 1.53 bits per heavy atom. The third-order valence-corrected chi connectivity index (χ3v) is 5.94. The van der Waals surface area contributed by atoms with Crippen LogP contribution in [-0.2, 0) is 0 Å². The summed E-state index contributed by atoms with van der Waals surface area (Å²) >= 11 is 1.68. The average Bonchev–Trinajstić information content (AvgIpc) is 3.22. The van der Waals surface area contributed by atoms with Gasteiger partial charge in [-0.15, -0.1) is 11.3 Å². The summed E-state index contributed by atoms with van der Waals surface area (Å²) < 4.78 is 12.2. The minimum atomic E-state index is 0.778. The fourth-order valence-corrected chi connectivity index (χ4v) is 4.09. The van der Waals surface area contributed by atoms with Crippen LogP contribution in [0.2, 0.25) is 0 Å². The Bertz CT molecular complexity index is 1130. The first-order valence-electron chi connectivity index (χ1n) is 10.2. The summed E-state index contributed by atoms with van der Waals surface area (Å²) in [6, 6.07) is 22.7. The van der Waals surface area contributed by atoms with Crippen LogP contribution in [0.25, 0.3) is 32.9 Å². The molecular weight excluding hydrogens is 390 g/mol. The van der Waals surface area contributed by atoms with Crippen LogP contribution in [0.5, 0.6) is 11.5 Å². The van der Waals surface area contributed by atoms with Crippen molar-refractivity contribution >= 4 is 33.7 Å². The summed E-state index contributed by atoms with van der Waals surface area (Å²) in [5.74, 6) is 1.79. The molecule has 0 saturated carbocycles. The molecule has 0 bridgehead atoms. The van der Waals surface area contributed by atoms with Crippen LogP contribution >= 0.6 is 11.3 Å². The van der Waals surface area contributed by atoms with Gasteiger partial charge in [0, 0.05) is 5.56 Å². The third-order valence-electron chi connectivity index (χ3n) is 4.87. The van der Waals surface area contributed by atoms with Crippen molar-refractivity contribution in [1.29, 1.82) is 0 Å². The van der Waals surface area contributed by atoms with Crippen molar-refractivity contribution < 1.29 is 9.47 Å². The molecule has 4 rings (SSSR count). The second-order valence-electron chi connectivity index (χ2n) is 7.08. The maximum atomic E-state index is 5.72. The van der Waals surface area contributed by atoms with Crippen LogP contribution in [-0.4, -0.2) is 18.7 Å². The second-order valence-corrected chi connectivity index (χ2v) is 8.11. The van der Waals surface area contributed by atoms with Gasteiger partial charge in [-0.25, -0.2) is 4.98 Å². The first kappa shape index (κ1) is 20.2. The molecule has 30 heavy (non-hydrogen) atoms. The van der Waals surface area contributed by atoms with Crippen molar-refractivity contribution in [3.63, 3.8) is 0 Å². The molecular formula is C26H25NO2S. The number of aromatic nitrogens is 1. The fourth-order valence-electron chi connectivity index (χ4n) is 3.09. The Morgan fingerprint density at radius 1 is 0.867 bits per heavy atom. The minimum Gasteiger partial charge on any atom is -0.497 e. The first-order valence-corrected chi connectivity index (χ1v) is 11.0. The first-order chi connectivity index (χ1) is 14.7. The molecule has 0 fully saturated rings. The van der Waals surface area contributed by atoms with Gasteiger partial charge in [0.05, 0.1) is 23.9 Å². The van der Waals surface area contributed by atoms with E-state index in [-0.39, 0.29) is 0 Å². The van der Waals surface area contributed by atoms with Crippen LogP contribution in [0.1, 0.15) is 30.9 Å². The van der Waals surface area contributed by atoms with Gasteiger partial charge in [-0.1, -0.05) is 61.9 Å². The van der Waals surface area contributed by atoms with Gasteiger partial charge < -0.3 is 9.47 Å². The highest BCUT2D eigenvalue weighted by molar-refractivity contribution is 7.21. The number of rotatable bonds is 8. The number of unbranched alkanes of at least 4 members (excludes halogenated alkanes) is 1. The van der Waals surface area contributed by atoms with Crippen molar-refractivity contribution in [2.45, 2.75) is 19.8 Å². The molecule has 1 heterocycles. The van der Waals surface area contributed by atoms with Gasteiger partial charge in [0.15, 0.2) is 0 Å². The molecule has 0 aliphatic rings. The van der Waals surface area contributed by atoms with Crippen molar-refractivity contribution in [1.82, 2.24) is 4.98 Å². The molecule has 0 aliphatic heterocycles. The van der Waals surface area contributed by atoms with Gasteiger partial charge in [-0.3, -0.25) is 0 Å². The number of benzene rings is 3. The summed E-state index contributed by atoms with van der Waals surface area (Å²) in [4.78, 5) is 4.75. The van der Waals surface area contributed by atoms with Crippen molar-refractivity contribution in [2.24, 2.45) is 0 Å². The molecule has 0 aliphatic carbocycles. The highest BCUT2D eigenvalue weighted by Crippen LogP contribution is 2.32. The number of methoxy groups -OCH3 is 1. The molecule has 0 saturated heterocycles. The highest BCUT2D eigenvalue weighted by Gasteiger charge is 2.07. The van der Waals surface area contributed by atoms with E-state index >= 15 is 0 Å². The number of hydrogen-bond acceptors (Lipinski definition) is 4. The molecule has 0 atom stereocenters. The van der Waals surface area contributed by atoms with Crippen molar-refractivity contribution in [2.75, 3.05) is 13.7 Å². The molecule has 0 unspecified atom stereocenters. The maximum Gasteiger partial charge on any atom is 0.124 e. The molecule has 152 valence electrons. The lowest BCUT2D eigenvalue weighted by atomic mass is 10.1. The van der Waals surface area contributed by atoms with Gasteiger partial charge in [-0.2, -0.15) is 0 Å². The number of nitrogens with zero attached hydrogens (tertiary/aromatic N) is 1. The Balaban J connectivity index is 1.43. The fraction of sp³-hybridized carbons (Fsp3) is 0.192. The monoisotopic (exact) mass is 415 g/mol. The van der Waals surface area contributed by atoms with Crippen LogP contribution < -0.4 is 9.47 Å². The number of thiazole rings is 1. The standard InChI is InChI=1S/C26H25NO2S/c1-3-4-17-29-22-13-9-20(10-14-22)6-5-19-7-11-21(12-8-19)26-27-24-16-15-23(28-2)18-25(24)30-26/h5-16,18H,3-4,17H2,1-2H3. The SMILES string of the molecule is CCCCOc1ccc(C=Cc2ccc(-c3nc4ccc(OC)cc4s3)cc2)cc1. The van der Waals surface area contributed by atoms with Gasteiger partial charge >= 0.3 is 0 Å². The minimum absolute atomic E-state index is 0.778. The summed E-state index contributed by atoms with van der Waals surface area (Å²) in [5.41, 5.74) is 4.44. The van der Waals surface area contributed by atoms with Gasteiger partial charge in [0.25, 0.3) is 0 Å². The quantitative estimate of drug-likeness (QED) is 0.223. The van der Waals surface area contributed by atoms with E-state index in [0.29, 0.717) is 0 Å². The smallest absolute Gasteiger partial charge is 0.124 e. The zero-order valence-electron chi connectivity index (χ0n) is 17.3. The van der Waals surface area contributed by atoms with E-state index in [0.717, 1.165) is 62.9 Å². The predicted molar refractivity (Wildman–Crippen MR) is 127 cm³/mol. The predicted octanol–water partition coefficient (Wildman–Crippen LogP) is 7.32. The Labute approximate surface area is 181 Å². The molecule has 0 N–H and O–H groups in total. The van der Waals surface area contributed by atoms with E-state index in [1.54, 1.807) is 18.4 Å². The Morgan fingerprint density at radius 3 is 2.20 bits per heavy atom. The molecule has 0 amide bonds. The molecule has 1 aromatic heterocycles. The largest absolute Gasteiger partial charge is 0.497 e. The Hall–Kier alpha value is -3.11. The molecule has 0 spiro atoms. The van der Waals surface area contributed by atoms with E-state index in [9.17, 15) is 0 Å². The zero-order chi connectivity index (χ0) is 20.8. The van der Waals surface area contributed by atoms with E-state index < -0.39 is 0 Å². The lowest BCUT2D eigenvalue weighted by Gasteiger charge is -2.05. The normalized spacial score (nSPS) is 11.3. The van der Waals surface area contributed by atoms with E-state index in [1.807, 2.05) is 30.3 Å². The van der Waals surface area contributed by atoms with Crippen molar-refractivity contribution in [3.05, 3.63) is 77.9 Å². The van der Waals surface area contributed by atoms with Gasteiger partial charge in [0.1, 0.15) is 16.5 Å². The lowest BCUT2D eigenvalue weighted by molar-refractivity contribution is 0.309. The van der Waals surface area contributed by atoms with Crippen LogP contribution in [0.3, 0.4) is 0 Å². The number of ether oxygens (including phenoxy) is 2. The van der Waals surface area contributed by atoms with Crippen molar-refractivity contribution in [3.8, 4) is 22.1 Å². The topological polar surface area (TPSA) is 31.4 Å². The van der Waals surface area contributed by atoms with E-state index in [1.165, 1.54) is 0 Å². The second kappa shape index (κ2) is 9.59. The van der Waals surface area contributed by atoms with Crippen LogP contribution in [0, 0.1) is 0 Å². The van der Waals surface area contributed by atoms with Gasteiger partial charge in [-0.05, 0) is 47.9 Å². The summed E-state index contributed by atoms with van der Waals surface area (Å²) in [6.07, 6.45) is 6.48. The van der Waals surface area contributed by atoms with E-state index in [4.69, 9.17) is 14.5 Å². The lowest BCUT2D eigenvalue weighted by Crippen LogP contribution is -1.95. The number of fused-ring (bicyclic) bond motifs is 1. The highest BCUT2D eigenvalue weighted by atomic mass is 32.1. The van der Waals surface area contributed by atoms with Gasteiger partial charge in [0.2, 0.25) is 0 Å². The summed E-state index contributed by atoms with van der Waals surface area (Å²) in [7, 11) is 1.69. The average molecular weight is 416 g/mol. The van der Waals surface area contributed by atoms with Crippen LogP contribution in [0.15, 0.2) is 66.7 Å². The molecule has 4 aromatic rings. The molecule has 0 radical (unpaired) electrons. The summed E-state index contributed by atoms with van der Waals surface area (Å²) in [5, 5.41) is 1.02. The maximum absolute atomic E-state index is 5.72. The molecule has 3 aromatic carbocycles. The molecule has 3 nitrogen and oxygen atoms in total. The van der Waals surface area contributed by atoms with E-state index in [2.05, 4.69) is 55.5 Å². The Kier molecular flexibility index (Phi) is 6.45. The van der Waals surface area contributed by atoms with Crippen LogP contribution in [0.4, 0.5) is 0 Å². The third kappa shape index (κ3) is 4.89. The number of hydrogen-bond donors (Lipinski definition) is 0.